The van der Waals surface area contributed by atoms with Crippen LogP contribution in [0.5, 0.6) is 0 Å². The average molecular weight is 420 g/mol. The van der Waals surface area contributed by atoms with Crippen LogP contribution in [-0.2, 0) is 20.8 Å². The van der Waals surface area contributed by atoms with Crippen LogP contribution >= 0.6 is 12.2 Å². The lowest BCUT2D eigenvalue weighted by molar-refractivity contribution is -0.149. The van der Waals surface area contributed by atoms with Gasteiger partial charge in [0.2, 0.25) is 0 Å². The van der Waals surface area contributed by atoms with Crippen molar-refractivity contribution in [3.05, 3.63) is 38.9 Å². The van der Waals surface area contributed by atoms with Gasteiger partial charge < -0.3 is 19.4 Å². The van der Waals surface area contributed by atoms with Crippen molar-refractivity contribution in [2.75, 3.05) is 33.4 Å². The monoisotopic (exact) mass is 419 g/mol. The van der Waals surface area contributed by atoms with Gasteiger partial charge in [-0.2, -0.15) is 0 Å². The van der Waals surface area contributed by atoms with Gasteiger partial charge >= 0.3 is 5.97 Å². The van der Waals surface area contributed by atoms with Gasteiger partial charge in [0, 0.05) is 25.8 Å². The Kier molecular flexibility index (Phi) is 6.81. The van der Waals surface area contributed by atoms with Crippen LogP contribution in [0.2, 0.25) is 0 Å². The number of aromatic nitrogens is 2. The zero-order chi connectivity index (χ0) is 21.0. The standard InChI is InChI=1S/C20H25N3O5S/c1-3-28-19(26)14-5-4-8-22(12-14)17(24)13-6-7-15-16(11-13)21-20(29)23(18(15)25)9-10-27-2/h6-7,11,14H,3-5,8-10,12H2,1-2H3,(H,21,29)/t14-/m0/s1. The Hall–Kier alpha value is -2.52. The molecule has 0 unspecified atom stereocenters. The van der Waals surface area contributed by atoms with E-state index in [9.17, 15) is 14.4 Å². The van der Waals surface area contributed by atoms with E-state index in [0.717, 1.165) is 6.42 Å². The largest absolute Gasteiger partial charge is 0.466 e. The number of esters is 1. The minimum Gasteiger partial charge on any atom is -0.466 e. The molecule has 1 saturated heterocycles. The molecule has 1 aromatic carbocycles. The molecular weight excluding hydrogens is 394 g/mol. The molecule has 0 bridgehead atoms. The number of rotatable bonds is 6. The number of methoxy groups -OCH3 is 1. The summed E-state index contributed by atoms with van der Waals surface area (Å²) in [6.07, 6.45) is 1.46. The van der Waals surface area contributed by atoms with E-state index in [-0.39, 0.29) is 28.1 Å². The number of nitrogens with one attached hydrogen (secondary N) is 1. The Morgan fingerprint density at radius 2 is 2.14 bits per heavy atom. The fourth-order valence-corrected chi connectivity index (χ4v) is 3.85. The molecule has 1 amide bonds. The lowest BCUT2D eigenvalue weighted by Crippen LogP contribution is -2.42. The van der Waals surface area contributed by atoms with E-state index in [1.165, 1.54) is 4.57 Å². The molecule has 1 fully saturated rings. The highest BCUT2D eigenvalue weighted by molar-refractivity contribution is 7.71. The van der Waals surface area contributed by atoms with E-state index in [0.29, 0.717) is 55.7 Å². The number of aromatic amines is 1. The number of nitrogens with zero attached hydrogens (tertiary/aromatic N) is 2. The molecule has 8 nitrogen and oxygen atoms in total. The van der Waals surface area contributed by atoms with Gasteiger partial charge in [0.1, 0.15) is 0 Å². The van der Waals surface area contributed by atoms with Crippen LogP contribution in [0.25, 0.3) is 10.9 Å². The van der Waals surface area contributed by atoms with Crippen molar-refractivity contribution in [2.45, 2.75) is 26.3 Å². The summed E-state index contributed by atoms with van der Waals surface area (Å²) in [5.74, 6) is -0.736. The van der Waals surface area contributed by atoms with Gasteiger partial charge in [-0.25, -0.2) is 0 Å². The summed E-state index contributed by atoms with van der Waals surface area (Å²) in [6.45, 7) is 3.74. The van der Waals surface area contributed by atoms with Gasteiger partial charge in [-0.05, 0) is 50.2 Å². The molecule has 2 aromatic rings. The van der Waals surface area contributed by atoms with Crippen LogP contribution in [-0.4, -0.2) is 59.7 Å². The summed E-state index contributed by atoms with van der Waals surface area (Å²) >= 11 is 5.29. The summed E-state index contributed by atoms with van der Waals surface area (Å²) < 4.78 is 11.8. The van der Waals surface area contributed by atoms with Crippen molar-refractivity contribution in [3.8, 4) is 0 Å². The Morgan fingerprint density at radius 1 is 1.34 bits per heavy atom. The minimum absolute atomic E-state index is 0.177. The molecular formula is C20H25N3O5S. The first-order valence-electron chi connectivity index (χ1n) is 9.68. The summed E-state index contributed by atoms with van der Waals surface area (Å²) in [7, 11) is 1.56. The third-order valence-corrected chi connectivity index (χ3v) is 5.40. The first-order chi connectivity index (χ1) is 14.0. The Labute approximate surface area is 173 Å². The lowest BCUT2D eigenvalue weighted by Gasteiger charge is -2.31. The Bertz CT molecular complexity index is 1030. The van der Waals surface area contributed by atoms with Crippen molar-refractivity contribution in [2.24, 2.45) is 5.92 Å². The van der Waals surface area contributed by atoms with Crippen molar-refractivity contribution in [1.29, 1.82) is 0 Å². The molecule has 29 heavy (non-hydrogen) atoms. The topological polar surface area (TPSA) is 93.6 Å². The third kappa shape index (κ3) is 4.56. The molecule has 0 spiro atoms. The van der Waals surface area contributed by atoms with E-state index in [1.54, 1.807) is 37.1 Å². The van der Waals surface area contributed by atoms with Crippen LogP contribution in [0.4, 0.5) is 0 Å². The maximum atomic E-state index is 13.0. The van der Waals surface area contributed by atoms with Crippen LogP contribution in [0.15, 0.2) is 23.0 Å². The lowest BCUT2D eigenvalue weighted by atomic mass is 9.97. The number of piperidine rings is 1. The molecule has 0 saturated carbocycles. The van der Waals surface area contributed by atoms with Crippen LogP contribution in [0, 0.1) is 10.7 Å². The number of hydrogen-bond donors (Lipinski definition) is 1. The van der Waals surface area contributed by atoms with Gasteiger partial charge in [0.25, 0.3) is 11.5 Å². The summed E-state index contributed by atoms with van der Waals surface area (Å²) in [6, 6.07) is 4.91. The molecule has 156 valence electrons. The van der Waals surface area contributed by atoms with Crippen molar-refractivity contribution < 1.29 is 19.1 Å². The quantitative estimate of drug-likeness (QED) is 0.569. The van der Waals surface area contributed by atoms with Crippen LogP contribution in [0.1, 0.15) is 30.1 Å². The summed E-state index contributed by atoms with van der Waals surface area (Å²) in [4.78, 5) is 42.4. The number of ether oxygens (including phenoxy) is 2. The number of H-pyrrole nitrogens is 1. The molecule has 9 heteroatoms. The number of amides is 1. The molecule has 1 atom stereocenters. The SMILES string of the molecule is CCOC(=O)[C@H]1CCCN(C(=O)c2ccc3c(=O)n(CCOC)c(=S)[nH]c3c2)C1. The number of carbonyl (C=O) groups excluding carboxylic acids is 2. The Morgan fingerprint density at radius 3 is 2.86 bits per heavy atom. The van der Waals surface area contributed by atoms with E-state index in [1.807, 2.05) is 0 Å². The highest BCUT2D eigenvalue weighted by Gasteiger charge is 2.30. The highest BCUT2D eigenvalue weighted by Crippen LogP contribution is 2.21. The second-order valence-corrected chi connectivity index (χ2v) is 7.37. The van der Waals surface area contributed by atoms with Crippen molar-refractivity contribution >= 4 is 35.0 Å². The third-order valence-electron chi connectivity index (χ3n) is 5.08. The number of hydrogen-bond acceptors (Lipinski definition) is 6. The average Bonchev–Trinajstić information content (AvgIpc) is 2.73. The normalized spacial score (nSPS) is 16.8. The van der Waals surface area contributed by atoms with E-state index in [4.69, 9.17) is 21.7 Å². The molecule has 0 radical (unpaired) electrons. The Balaban J connectivity index is 1.86. The molecule has 3 rings (SSSR count). The van der Waals surface area contributed by atoms with Crippen molar-refractivity contribution in [3.63, 3.8) is 0 Å². The minimum atomic E-state index is -0.299. The fraction of sp³-hybridized carbons (Fsp3) is 0.500. The van der Waals surface area contributed by atoms with Crippen molar-refractivity contribution in [1.82, 2.24) is 14.5 Å². The predicted molar refractivity (Wildman–Crippen MR) is 111 cm³/mol. The van der Waals surface area contributed by atoms with Gasteiger partial charge in [-0.1, -0.05) is 0 Å². The summed E-state index contributed by atoms with van der Waals surface area (Å²) in [5, 5.41) is 0.453. The zero-order valence-corrected chi connectivity index (χ0v) is 17.4. The van der Waals surface area contributed by atoms with Gasteiger partial charge in [0.15, 0.2) is 4.77 Å². The predicted octanol–water partition coefficient (Wildman–Crippen LogP) is 2.12. The van der Waals surface area contributed by atoms with Crippen LogP contribution in [0.3, 0.4) is 0 Å². The smallest absolute Gasteiger partial charge is 0.310 e. The van der Waals surface area contributed by atoms with Gasteiger partial charge in [-0.15, -0.1) is 0 Å². The first-order valence-corrected chi connectivity index (χ1v) is 10.1. The van der Waals surface area contributed by atoms with Gasteiger partial charge in [-0.3, -0.25) is 19.0 Å². The molecule has 1 aromatic heterocycles. The molecule has 0 aliphatic carbocycles. The molecule has 1 aliphatic heterocycles. The number of likely N-dealkylation sites (tertiary alicyclic amines) is 1. The van der Waals surface area contributed by atoms with Crippen LogP contribution < -0.4 is 5.56 Å². The first kappa shape index (κ1) is 21.2. The van der Waals surface area contributed by atoms with E-state index < -0.39 is 0 Å². The second kappa shape index (κ2) is 9.32. The second-order valence-electron chi connectivity index (χ2n) is 6.98. The number of carbonyl (C=O) groups is 2. The van der Waals surface area contributed by atoms with Gasteiger partial charge in [0.05, 0.1) is 36.6 Å². The number of benzene rings is 1. The molecule has 1 N–H and O–H groups in total. The summed E-state index contributed by atoms with van der Waals surface area (Å²) in [5.41, 5.74) is 0.736. The zero-order valence-electron chi connectivity index (χ0n) is 16.6. The highest BCUT2D eigenvalue weighted by atomic mass is 32.1. The maximum Gasteiger partial charge on any atom is 0.310 e. The maximum absolute atomic E-state index is 13.0. The van der Waals surface area contributed by atoms with E-state index in [2.05, 4.69) is 4.98 Å². The number of fused-ring (bicyclic) bond motifs is 1. The molecule has 1 aliphatic rings. The van der Waals surface area contributed by atoms with E-state index >= 15 is 0 Å². The molecule has 2 heterocycles. The fourth-order valence-electron chi connectivity index (χ4n) is 3.57.